The summed E-state index contributed by atoms with van der Waals surface area (Å²) < 4.78 is 10.00. The molecule has 0 fully saturated rings. The number of rotatable bonds is 9. The maximum atomic E-state index is 12.1. The lowest BCUT2D eigenvalue weighted by Gasteiger charge is -2.10. The van der Waals surface area contributed by atoms with Gasteiger partial charge in [-0.3, -0.25) is 9.59 Å². The van der Waals surface area contributed by atoms with Crippen molar-refractivity contribution in [2.45, 2.75) is 32.6 Å². The van der Waals surface area contributed by atoms with Gasteiger partial charge in [-0.05, 0) is 31.9 Å². The van der Waals surface area contributed by atoms with E-state index in [9.17, 15) is 9.59 Å². The first kappa shape index (κ1) is 17.0. The fraction of sp³-hybridized carbons (Fsp3) is 0.500. The van der Waals surface area contributed by atoms with Gasteiger partial charge >= 0.3 is 5.97 Å². The topological polar surface area (TPSA) is 64.6 Å². The second-order valence-electron chi connectivity index (χ2n) is 4.57. The number of methoxy groups -OCH3 is 1. The van der Waals surface area contributed by atoms with Crippen LogP contribution in [0.4, 0.5) is 0 Å². The zero-order chi connectivity index (χ0) is 15.5. The highest BCUT2D eigenvalue weighted by atomic mass is 16.5. The van der Waals surface area contributed by atoms with Crippen molar-refractivity contribution in [1.82, 2.24) is 5.32 Å². The van der Waals surface area contributed by atoms with Crippen molar-refractivity contribution in [3.8, 4) is 5.75 Å². The van der Waals surface area contributed by atoms with Crippen LogP contribution in [0.2, 0.25) is 0 Å². The molecular weight excluding hydrogens is 270 g/mol. The molecule has 5 nitrogen and oxygen atoms in total. The molecule has 1 rings (SSSR count). The van der Waals surface area contributed by atoms with Crippen LogP contribution in [-0.2, 0) is 9.53 Å². The Labute approximate surface area is 125 Å². The van der Waals surface area contributed by atoms with E-state index >= 15 is 0 Å². The molecule has 21 heavy (non-hydrogen) atoms. The average Bonchev–Trinajstić information content (AvgIpc) is 2.51. The number of para-hydroxylation sites is 1. The first-order valence-electron chi connectivity index (χ1n) is 7.25. The predicted molar refractivity (Wildman–Crippen MR) is 80.4 cm³/mol. The highest BCUT2D eigenvalue weighted by molar-refractivity contribution is 5.96. The largest absolute Gasteiger partial charge is 0.493 e. The summed E-state index contributed by atoms with van der Waals surface area (Å²) >= 11 is 0. The number of hydrogen-bond acceptors (Lipinski definition) is 4. The van der Waals surface area contributed by atoms with Crippen molar-refractivity contribution in [1.29, 1.82) is 0 Å². The van der Waals surface area contributed by atoms with Crippen LogP contribution in [0.15, 0.2) is 24.3 Å². The number of carbonyl (C=O) groups is 2. The molecular formula is C16H23NO4. The summed E-state index contributed by atoms with van der Waals surface area (Å²) in [6.07, 6.45) is 2.91. The third-order valence-electron chi connectivity index (χ3n) is 3.00. The minimum atomic E-state index is -0.190. The van der Waals surface area contributed by atoms with Gasteiger partial charge in [-0.25, -0.2) is 0 Å². The monoisotopic (exact) mass is 293 g/mol. The molecule has 0 saturated carbocycles. The van der Waals surface area contributed by atoms with E-state index in [1.165, 1.54) is 7.11 Å². The first-order chi connectivity index (χ1) is 10.2. The molecule has 0 aliphatic heterocycles. The van der Waals surface area contributed by atoms with Gasteiger partial charge in [0.1, 0.15) is 5.75 Å². The van der Waals surface area contributed by atoms with Crippen molar-refractivity contribution in [3.05, 3.63) is 29.8 Å². The van der Waals surface area contributed by atoms with Crippen molar-refractivity contribution >= 4 is 11.9 Å². The summed E-state index contributed by atoms with van der Waals surface area (Å²) in [5.74, 6) is 0.278. The van der Waals surface area contributed by atoms with Gasteiger partial charge in [-0.2, -0.15) is 0 Å². The van der Waals surface area contributed by atoms with E-state index in [2.05, 4.69) is 10.1 Å². The number of benzene rings is 1. The molecule has 0 aromatic heterocycles. The van der Waals surface area contributed by atoms with Crippen molar-refractivity contribution in [2.75, 3.05) is 20.3 Å². The van der Waals surface area contributed by atoms with Crippen molar-refractivity contribution in [2.24, 2.45) is 0 Å². The third kappa shape index (κ3) is 6.29. The summed E-state index contributed by atoms with van der Waals surface area (Å²) in [4.78, 5) is 23.0. The summed E-state index contributed by atoms with van der Waals surface area (Å²) in [6, 6.07) is 7.19. The third-order valence-corrected chi connectivity index (χ3v) is 3.00. The number of amides is 1. The number of nitrogens with one attached hydrogen (secondary N) is 1. The van der Waals surface area contributed by atoms with E-state index in [-0.39, 0.29) is 11.9 Å². The molecule has 0 unspecified atom stereocenters. The second kappa shape index (κ2) is 9.80. The molecule has 0 aliphatic rings. The molecule has 0 atom stereocenters. The highest BCUT2D eigenvalue weighted by Gasteiger charge is 2.10. The number of hydrogen-bond donors (Lipinski definition) is 1. The Morgan fingerprint density at radius 1 is 1.14 bits per heavy atom. The Balaban J connectivity index is 2.29. The van der Waals surface area contributed by atoms with Crippen LogP contribution in [0.3, 0.4) is 0 Å². The van der Waals surface area contributed by atoms with E-state index < -0.39 is 0 Å². The minimum absolute atomic E-state index is 0.132. The van der Waals surface area contributed by atoms with Crippen LogP contribution in [0.5, 0.6) is 5.75 Å². The first-order valence-corrected chi connectivity index (χ1v) is 7.25. The lowest BCUT2D eigenvalue weighted by molar-refractivity contribution is -0.140. The van der Waals surface area contributed by atoms with E-state index in [4.69, 9.17) is 4.74 Å². The molecule has 1 aromatic rings. The Kier molecular flexibility index (Phi) is 7.94. The highest BCUT2D eigenvalue weighted by Crippen LogP contribution is 2.17. The van der Waals surface area contributed by atoms with Crippen LogP contribution in [-0.4, -0.2) is 32.1 Å². The quantitative estimate of drug-likeness (QED) is 0.561. The SMILES string of the molecule is CCOc1ccccc1C(=O)NCCCCCC(=O)OC. The average molecular weight is 293 g/mol. The molecule has 0 saturated heterocycles. The predicted octanol–water partition coefficient (Wildman–Crippen LogP) is 2.55. The van der Waals surface area contributed by atoms with Crippen LogP contribution in [0.25, 0.3) is 0 Å². The molecule has 0 aliphatic carbocycles. The summed E-state index contributed by atoms with van der Waals surface area (Å²) in [5.41, 5.74) is 0.550. The van der Waals surface area contributed by atoms with Gasteiger partial charge < -0.3 is 14.8 Å². The fourth-order valence-corrected chi connectivity index (χ4v) is 1.91. The smallest absolute Gasteiger partial charge is 0.305 e. The Morgan fingerprint density at radius 3 is 2.62 bits per heavy atom. The number of unbranched alkanes of at least 4 members (excludes halogenated alkanes) is 2. The van der Waals surface area contributed by atoms with Crippen LogP contribution in [0.1, 0.15) is 43.0 Å². The molecule has 0 bridgehead atoms. The van der Waals surface area contributed by atoms with Crippen LogP contribution < -0.4 is 10.1 Å². The molecule has 116 valence electrons. The van der Waals surface area contributed by atoms with Crippen LogP contribution >= 0.6 is 0 Å². The summed E-state index contributed by atoms with van der Waals surface area (Å²) in [6.45, 7) is 2.99. The lowest BCUT2D eigenvalue weighted by atomic mass is 10.1. The van der Waals surface area contributed by atoms with E-state index in [1.807, 2.05) is 19.1 Å². The summed E-state index contributed by atoms with van der Waals surface area (Å²) in [7, 11) is 1.39. The van der Waals surface area contributed by atoms with Gasteiger partial charge in [-0.1, -0.05) is 18.6 Å². The zero-order valence-corrected chi connectivity index (χ0v) is 12.7. The molecule has 0 radical (unpaired) electrons. The number of ether oxygens (including phenoxy) is 2. The van der Waals surface area contributed by atoms with Gasteiger partial charge in [0.05, 0.1) is 19.3 Å². The second-order valence-corrected chi connectivity index (χ2v) is 4.57. The van der Waals surface area contributed by atoms with E-state index in [1.54, 1.807) is 12.1 Å². The maximum absolute atomic E-state index is 12.1. The molecule has 1 amide bonds. The van der Waals surface area contributed by atoms with Gasteiger partial charge in [0.15, 0.2) is 0 Å². The fourth-order valence-electron chi connectivity index (χ4n) is 1.91. The molecule has 1 N–H and O–H groups in total. The van der Waals surface area contributed by atoms with Gasteiger partial charge in [0.25, 0.3) is 5.91 Å². The normalized spacial score (nSPS) is 10.0. The lowest BCUT2D eigenvalue weighted by Crippen LogP contribution is -2.25. The number of esters is 1. The minimum Gasteiger partial charge on any atom is -0.493 e. The Bertz CT molecular complexity index is 459. The maximum Gasteiger partial charge on any atom is 0.305 e. The molecule has 0 heterocycles. The Morgan fingerprint density at radius 2 is 1.90 bits per heavy atom. The van der Waals surface area contributed by atoms with E-state index in [0.29, 0.717) is 30.9 Å². The van der Waals surface area contributed by atoms with Gasteiger partial charge in [0, 0.05) is 13.0 Å². The van der Waals surface area contributed by atoms with Crippen LogP contribution in [0, 0.1) is 0 Å². The van der Waals surface area contributed by atoms with Gasteiger partial charge in [-0.15, -0.1) is 0 Å². The number of carbonyl (C=O) groups excluding carboxylic acids is 2. The summed E-state index contributed by atoms with van der Waals surface area (Å²) in [5, 5.41) is 2.86. The standard InChI is InChI=1S/C16H23NO4/c1-3-21-14-10-7-6-9-13(14)16(19)17-12-8-4-5-11-15(18)20-2/h6-7,9-10H,3-5,8,11-12H2,1-2H3,(H,17,19). The molecule has 5 heteroatoms. The van der Waals surface area contributed by atoms with Crippen molar-refractivity contribution < 1.29 is 19.1 Å². The van der Waals surface area contributed by atoms with E-state index in [0.717, 1.165) is 19.3 Å². The molecule has 1 aromatic carbocycles. The Hall–Kier alpha value is -2.04. The van der Waals surface area contributed by atoms with Gasteiger partial charge in [0.2, 0.25) is 0 Å². The van der Waals surface area contributed by atoms with Crippen molar-refractivity contribution in [3.63, 3.8) is 0 Å². The molecule has 0 spiro atoms. The zero-order valence-electron chi connectivity index (χ0n) is 12.7.